The lowest BCUT2D eigenvalue weighted by molar-refractivity contribution is -0.138. The highest BCUT2D eigenvalue weighted by Gasteiger charge is 2.29. The first kappa shape index (κ1) is 24.7. The minimum atomic E-state index is -0.764. The molecule has 3 N–H and O–H groups in total. The van der Waals surface area contributed by atoms with Gasteiger partial charge in [0.2, 0.25) is 5.91 Å². The van der Waals surface area contributed by atoms with Gasteiger partial charge in [0.15, 0.2) is 0 Å². The summed E-state index contributed by atoms with van der Waals surface area (Å²) in [5.74, 6) is -0.451. The molecule has 2 aliphatic carbocycles. The van der Waals surface area contributed by atoms with Gasteiger partial charge in [-0.25, -0.2) is 4.79 Å². The number of hydrogen-bond acceptors (Lipinski definition) is 5. The predicted octanol–water partition coefficient (Wildman–Crippen LogP) is 3.55. The number of carboxylic acids is 1. The van der Waals surface area contributed by atoms with Crippen molar-refractivity contribution in [2.24, 2.45) is 11.8 Å². The van der Waals surface area contributed by atoms with Gasteiger partial charge in [-0.1, -0.05) is 48.5 Å². The Bertz CT molecular complexity index is 1010. The summed E-state index contributed by atoms with van der Waals surface area (Å²) in [7, 11) is 0. The van der Waals surface area contributed by atoms with E-state index < -0.39 is 12.1 Å². The van der Waals surface area contributed by atoms with Gasteiger partial charge in [0.05, 0.1) is 6.61 Å². The fourth-order valence-corrected chi connectivity index (χ4v) is 5.15. The lowest BCUT2D eigenvalue weighted by Crippen LogP contribution is -2.33. The topological polar surface area (TPSA) is 114 Å². The Morgan fingerprint density at radius 3 is 2.26 bits per heavy atom. The first-order valence-electron chi connectivity index (χ1n) is 12.2. The zero-order valence-corrected chi connectivity index (χ0v) is 19.7. The van der Waals surface area contributed by atoms with Gasteiger partial charge >= 0.3 is 12.1 Å². The first-order valence-corrected chi connectivity index (χ1v) is 12.2. The summed E-state index contributed by atoms with van der Waals surface area (Å²) in [6.45, 7) is 1.14. The van der Waals surface area contributed by atoms with Crippen LogP contribution in [0.2, 0.25) is 0 Å². The van der Waals surface area contributed by atoms with E-state index in [-0.39, 0.29) is 50.5 Å². The molecule has 8 nitrogen and oxygen atoms in total. The Morgan fingerprint density at radius 1 is 0.914 bits per heavy atom. The van der Waals surface area contributed by atoms with Crippen molar-refractivity contribution in [3.05, 3.63) is 59.7 Å². The van der Waals surface area contributed by atoms with Crippen LogP contribution in [-0.4, -0.2) is 56.0 Å². The third-order valence-corrected chi connectivity index (χ3v) is 6.79. The molecule has 0 aromatic heterocycles. The van der Waals surface area contributed by atoms with Gasteiger partial charge in [-0.2, -0.15) is 0 Å². The maximum atomic E-state index is 12.2. The molecule has 186 valence electrons. The van der Waals surface area contributed by atoms with Crippen LogP contribution < -0.4 is 10.6 Å². The molecule has 2 aliphatic rings. The SMILES string of the molecule is O=C(O)CC1CCC(CNC(=O)COCCNC(=O)OCC2c3ccccc3-c3ccccc32)C1. The van der Waals surface area contributed by atoms with Gasteiger partial charge in [-0.15, -0.1) is 0 Å². The van der Waals surface area contributed by atoms with Gasteiger partial charge in [0.1, 0.15) is 13.2 Å². The number of amides is 2. The van der Waals surface area contributed by atoms with Crippen LogP contribution in [0.3, 0.4) is 0 Å². The first-order chi connectivity index (χ1) is 17.0. The summed E-state index contributed by atoms with van der Waals surface area (Å²) in [5, 5.41) is 14.4. The maximum absolute atomic E-state index is 12.2. The molecule has 4 rings (SSSR count). The number of nitrogens with one attached hydrogen (secondary N) is 2. The molecule has 0 radical (unpaired) electrons. The number of benzene rings is 2. The van der Waals surface area contributed by atoms with Crippen LogP contribution in [0.15, 0.2) is 48.5 Å². The van der Waals surface area contributed by atoms with E-state index >= 15 is 0 Å². The molecule has 0 spiro atoms. The van der Waals surface area contributed by atoms with E-state index in [1.165, 1.54) is 11.1 Å². The monoisotopic (exact) mass is 480 g/mol. The summed E-state index contributed by atoms with van der Waals surface area (Å²) in [5.41, 5.74) is 4.67. The summed E-state index contributed by atoms with van der Waals surface area (Å²) < 4.78 is 10.8. The zero-order valence-electron chi connectivity index (χ0n) is 19.7. The van der Waals surface area contributed by atoms with Gasteiger partial charge in [-0.05, 0) is 53.4 Å². The van der Waals surface area contributed by atoms with Crippen molar-refractivity contribution >= 4 is 18.0 Å². The molecular weight excluding hydrogens is 448 g/mol. The maximum Gasteiger partial charge on any atom is 0.407 e. The standard InChI is InChI=1S/C27H32N2O6/c30-25(29-15-19-10-9-18(13-19)14-26(31)32)17-34-12-11-28-27(33)35-16-24-22-7-3-1-5-20(22)21-6-2-4-8-23(21)24/h1-8,18-19,24H,9-17H2,(H,28,33)(H,29,30)(H,31,32). The van der Waals surface area contributed by atoms with E-state index in [1.54, 1.807) is 0 Å². The summed E-state index contributed by atoms with van der Waals surface area (Å²) in [4.78, 5) is 34.9. The minimum absolute atomic E-state index is 0.00682. The van der Waals surface area contributed by atoms with Crippen LogP contribution in [0.1, 0.15) is 42.7 Å². The number of fused-ring (bicyclic) bond motifs is 3. The Balaban J connectivity index is 1.09. The molecule has 0 bridgehead atoms. The fraction of sp³-hybridized carbons (Fsp3) is 0.444. The Labute approximate surface area is 205 Å². The third kappa shape index (κ3) is 6.60. The molecule has 0 heterocycles. The van der Waals surface area contributed by atoms with Crippen LogP contribution in [0.5, 0.6) is 0 Å². The lowest BCUT2D eigenvalue weighted by Gasteiger charge is -2.14. The smallest absolute Gasteiger partial charge is 0.407 e. The van der Waals surface area contributed by atoms with E-state index in [0.717, 1.165) is 30.4 Å². The van der Waals surface area contributed by atoms with Crippen LogP contribution in [0.4, 0.5) is 4.79 Å². The van der Waals surface area contributed by atoms with Crippen LogP contribution >= 0.6 is 0 Å². The number of hydrogen-bond donors (Lipinski definition) is 3. The average Bonchev–Trinajstić information content (AvgIpc) is 3.43. The Kier molecular flexibility index (Phi) is 8.36. The van der Waals surface area contributed by atoms with Crippen LogP contribution in [0, 0.1) is 11.8 Å². The van der Waals surface area contributed by atoms with Crippen molar-refractivity contribution < 1.29 is 29.0 Å². The molecule has 2 aromatic carbocycles. The summed E-state index contributed by atoms with van der Waals surface area (Å²) >= 11 is 0. The van der Waals surface area contributed by atoms with Crippen LogP contribution in [0.25, 0.3) is 11.1 Å². The van der Waals surface area contributed by atoms with Gasteiger partial charge < -0.3 is 25.2 Å². The highest BCUT2D eigenvalue weighted by Crippen LogP contribution is 2.44. The number of carbonyl (C=O) groups excluding carboxylic acids is 2. The Hall–Kier alpha value is -3.39. The molecule has 0 aliphatic heterocycles. The van der Waals surface area contributed by atoms with E-state index in [0.29, 0.717) is 12.5 Å². The van der Waals surface area contributed by atoms with E-state index in [9.17, 15) is 14.4 Å². The second-order valence-electron chi connectivity index (χ2n) is 9.25. The van der Waals surface area contributed by atoms with Gasteiger partial charge in [0, 0.05) is 25.4 Å². The number of ether oxygens (including phenoxy) is 2. The zero-order chi connectivity index (χ0) is 24.6. The van der Waals surface area contributed by atoms with Crippen molar-refractivity contribution in [2.75, 3.05) is 32.9 Å². The van der Waals surface area contributed by atoms with Gasteiger partial charge in [-0.3, -0.25) is 9.59 Å². The van der Waals surface area contributed by atoms with Crippen molar-refractivity contribution in [3.63, 3.8) is 0 Å². The highest BCUT2D eigenvalue weighted by molar-refractivity contribution is 5.79. The van der Waals surface area contributed by atoms with E-state index in [1.807, 2.05) is 24.3 Å². The molecule has 2 unspecified atom stereocenters. The Morgan fingerprint density at radius 2 is 1.57 bits per heavy atom. The molecule has 35 heavy (non-hydrogen) atoms. The number of carbonyl (C=O) groups is 3. The number of aliphatic carboxylic acids is 1. The van der Waals surface area contributed by atoms with E-state index in [4.69, 9.17) is 14.6 Å². The number of carboxylic acid groups (broad SMARTS) is 1. The molecule has 2 aromatic rings. The van der Waals surface area contributed by atoms with Gasteiger partial charge in [0.25, 0.3) is 0 Å². The average molecular weight is 481 g/mol. The quantitative estimate of drug-likeness (QED) is 0.424. The largest absolute Gasteiger partial charge is 0.481 e. The molecule has 8 heteroatoms. The van der Waals surface area contributed by atoms with Crippen LogP contribution in [-0.2, 0) is 19.1 Å². The third-order valence-electron chi connectivity index (χ3n) is 6.79. The van der Waals surface area contributed by atoms with Crippen molar-refractivity contribution in [2.45, 2.75) is 31.6 Å². The molecule has 2 amide bonds. The number of rotatable bonds is 11. The molecule has 0 saturated heterocycles. The molecule has 2 atom stereocenters. The van der Waals surface area contributed by atoms with Crippen molar-refractivity contribution in [3.8, 4) is 11.1 Å². The number of alkyl carbamates (subject to hydrolysis) is 1. The molecule has 1 fully saturated rings. The van der Waals surface area contributed by atoms with Crippen molar-refractivity contribution in [1.29, 1.82) is 0 Å². The summed E-state index contributed by atoms with van der Waals surface area (Å²) in [6.07, 6.45) is 2.34. The fourth-order valence-electron chi connectivity index (χ4n) is 5.15. The minimum Gasteiger partial charge on any atom is -0.481 e. The molecule has 1 saturated carbocycles. The molecular formula is C27H32N2O6. The lowest BCUT2D eigenvalue weighted by atomic mass is 9.98. The van der Waals surface area contributed by atoms with Crippen molar-refractivity contribution in [1.82, 2.24) is 10.6 Å². The predicted molar refractivity (Wildman–Crippen MR) is 130 cm³/mol. The summed E-state index contributed by atoms with van der Waals surface area (Å²) in [6, 6.07) is 16.3. The highest BCUT2D eigenvalue weighted by atomic mass is 16.5. The normalized spacial score (nSPS) is 18.5. The second kappa shape index (κ2) is 11.8. The second-order valence-corrected chi connectivity index (χ2v) is 9.25. The van der Waals surface area contributed by atoms with E-state index in [2.05, 4.69) is 34.9 Å².